The molecule has 1 aliphatic rings. The normalized spacial score (nSPS) is 26.8. The fourth-order valence-corrected chi connectivity index (χ4v) is 2.38. The molecule has 6 nitrogen and oxygen atoms in total. The van der Waals surface area contributed by atoms with Crippen molar-refractivity contribution in [2.75, 3.05) is 14.1 Å². The summed E-state index contributed by atoms with van der Waals surface area (Å²) in [6, 6.07) is -0.707. The molecule has 1 aliphatic carbocycles. The fourth-order valence-electron chi connectivity index (χ4n) is 2.38. The van der Waals surface area contributed by atoms with Gasteiger partial charge < -0.3 is 15.0 Å². The van der Waals surface area contributed by atoms with Crippen LogP contribution in [0, 0.1) is 5.92 Å². The standard InChI is InChI=1S/C14H26N3O3/c1-14(2,3)20-13(19)16-11-8-9(6-7-10(11)15)12(18)17(4)5/h9-11,15H,6-8H2,1-5H3,(H,16,19)/t9-,10+,11+/m0/s1. The SMILES string of the molecule is CN(C)C(=O)[C@H]1CC[C@@H]([NH])[C@H](NC(=O)OC(C)(C)C)C1. The Bertz CT molecular complexity index is 363. The third-order valence-corrected chi connectivity index (χ3v) is 3.34. The topological polar surface area (TPSA) is 82.4 Å². The molecule has 20 heavy (non-hydrogen) atoms. The van der Waals surface area contributed by atoms with Crippen molar-refractivity contribution < 1.29 is 14.3 Å². The minimum absolute atomic E-state index is 0.0629. The zero-order chi connectivity index (χ0) is 15.5. The van der Waals surface area contributed by atoms with E-state index in [2.05, 4.69) is 5.32 Å². The summed E-state index contributed by atoms with van der Waals surface area (Å²) in [5, 5.41) is 2.73. The number of nitrogens with zero attached hydrogens (tertiary/aromatic N) is 1. The van der Waals surface area contributed by atoms with E-state index in [0.717, 1.165) is 0 Å². The first-order chi connectivity index (χ1) is 9.10. The van der Waals surface area contributed by atoms with E-state index in [1.165, 1.54) is 0 Å². The maximum Gasteiger partial charge on any atom is 0.407 e. The molecular formula is C14H26N3O3. The molecule has 3 atom stereocenters. The Hall–Kier alpha value is -1.30. The molecule has 0 aromatic carbocycles. The molecule has 115 valence electrons. The van der Waals surface area contributed by atoms with Crippen LogP contribution in [0.2, 0.25) is 0 Å². The van der Waals surface area contributed by atoms with Gasteiger partial charge in [0.2, 0.25) is 5.91 Å². The molecule has 2 N–H and O–H groups in total. The van der Waals surface area contributed by atoms with Crippen LogP contribution in [-0.4, -0.2) is 48.7 Å². The number of hydrogen-bond acceptors (Lipinski definition) is 3. The number of rotatable bonds is 2. The van der Waals surface area contributed by atoms with Crippen LogP contribution in [0.1, 0.15) is 40.0 Å². The second-order valence-electron chi connectivity index (χ2n) is 6.60. The Morgan fingerprint density at radius 1 is 1.25 bits per heavy atom. The molecule has 0 aromatic rings. The summed E-state index contributed by atoms with van der Waals surface area (Å²) in [5.41, 5.74) is 7.44. The van der Waals surface area contributed by atoms with Gasteiger partial charge in [-0.15, -0.1) is 0 Å². The summed E-state index contributed by atoms with van der Waals surface area (Å²) >= 11 is 0. The lowest BCUT2D eigenvalue weighted by Gasteiger charge is -2.34. The third-order valence-electron chi connectivity index (χ3n) is 3.34. The van der Waals surface area contributed by atoms with Crippen molar-refractivity contribution in [3.63, 3.8) is 0 Å². The van der Waals surface area contributed by atoms with Gasteiger partial charge in [-0.3, -0.25) is 10.5 Å². The molecule has 0 spiro atoms. The van der Waals surface area contributed by atoms with E-state index in [4.69, 9.17) is 10.5 Å². The molecule has 0 unspecified atom stereocenters. The average molecular weight is 284 g/mol. The van der Waals surface area contributed by atoms with Gasteiger partial charge in [-0.25, -0.2) is 4.79 Å². The van der Waals surface area contributed by atoms with E-state index in [1.54, 1.807) is 39.8 Å². The monoisotopic (exact) mass is 284 g/mol. The maximum absolute atomic E-state index is 12.0. The van der Waals surface area contributed by atoms with Gasteiger partial charge in [-0.2, -0.15) is 0 Å². The highest BCUT2D eigenvalue weighted by molar-refractivity contribution is 5.78. The van der Waals surface area contributed by atoms with Gasteiger partial charge in [0.1, 0.15) is 5.60 Å². The summed E-state index contributed by atoms with van der Waals surface area (Å²) in [5.74, 6) is -0.0561. The lowest BCUT2D eigenvalue weighted by molar-refractivity contribution is -0.134. The number of ether oxygens (including phenoxy) is 1. The molecule has 1 radical (unpaired) electrons. The Kier molecular flexibility index (Phi) is 5.39. The van der Waals surface area contributed by atoms with Crippen LogP contribution in [0.3, 0.4) is 0 Å². The van der Waals surface area contributed by atoms with E-state index in [0.29, 0.717) is 19.3 Å². The Balaban J connectivity index is 2.59. The van der Waals surface area contributed by atoms with Gasteiger partial charge in [0.05, 0.1) is 0 Å². The lowest BCUT2D eigenvalue weighted by Crippen LogP contribution is -2.51. The second-order valence-corrected chi connectivity index (χ2v) is 6.60. The zero-order valence-electron chi connectivity index (χ0n) is 13.0. The molecule has 0 aliphatic heterocycles. The van der Waals surface area contributed by atoms with Crippen molar-refractivity contribution in [2.45, 2.75) is 57.7 Å². The van der Waals surface area contributed by atoms with Gasteiger partial charge in [0.25, 0.3) is 0 Å². The van der Waals surface area contributed by atoms with Gasteiger partial charge in [-0.1, -0.05) is 0 Å². The van der Waals surface area contributed by atoms with E-state index < -0.39 is 11.7 Å². The van der Waals surface area contributed by atoms with E-state index in [1.807, 2.05) is 0 Å². The van der Waals surface area contributed by atoms with Crippen LogP contribution in [0.5, 0.6) is 0 Å². The molecule has 0 heterocycles. The van der Waals surface area contributed by atoms with Crippen molar-refractivity contribution in [3.05, 3.63) is 0 Å². The predicted molar refractivity (Wildman–Crippen MR) is 76.1 cm³/mol. The number of carbonyl (C=O) groups excluding carboxylic acids is 2. The Morgan fingerprint density at radius 2 is 1.85 bits per heavy atom. The van der Waals surface area contributed by atoms with Crippen LogP contribution >= 0.6 is 0 Å². The van der Waals surface area contributed by atoms with E-state index in [9.17, 15) is 9.59 Å². The van der Waals surface area contributed by atoms with Crippen molar-refractivity contribution in [1.82, 2.24) is 16.0 Å². The molecule has 1 rings (SSSR count). The molecule has 1 saturated carbocycles. The number of amides is 2. The number of hydrogen-bond donors (Lipinski definition) is 1. The van der Waals surface area contributed by atoms with Crippen molar-refractivity contribution >= 4 is 12.0 Å². The smallest absolute Gasteiger partial charge is 0.407 e. The fraction of sp³-hybridized carbons (Fsp3) is 0.857. The van der Waals surface area contributed by atoms with Crippen molar-refractivity contribution in [1.29, 1.82) is 0 Å². The van der Waals surface area contributed by atoms with E-state index >= 15 is 0 Å². The molecule has 2 amide bonds. The second kappa shape index (κ2) is 6.43. The minimum Gasteiger partial charge on any atom is -0.444 e. The summed E-state index contributed by atoms with van der Waals surface area (Å²) in [7, 11) is 3.46. The number of carbonyl (C=O) groups is 2. The van der Waals surface area contributed by atoms with E-state index in [-0.39, 0.29) is 23.9 Å². The molecule has 0 saturated heterocycles. The van der Waals surface area contributed by atoms with Crippen LogP contribution in [-0.2, 0) is 9.53 Å². The summed E-state index contributed by atoms with van der Waals surface area (Å²) in [6.07, 6.45) is 1.31. The number of nitrogens with one attached hydrogen (secondary N) is 2. The molecular weight excluding hydrogens is 258 g/mol. The first-order valence-corrected chi connectivity index (χ1v) is 7.02. The number of alkyl carbamates (subject to hydrolysis) is 1. The Morgan fingerprint density at radius 3 is 2.35 bits per heavy atom. The van der Waals surface area contributed by atoms with Gasteiger partial charge in [0.15, 0.2) is 0 Å². The summed E-state index contributed by atoms with van der Waals surface area (Å²) < 4.78 is 5.20. The van der Waals surface area contributed by atoms with Crippen LogP contribution in [0.4, 0.5) is 4.79 Å². The largest absolute Gasteiger partial charge is 0.444 e. The highest BCUT2D eigenvalue weighted by Crippen LogP contribution is 2.26. The average Bonchev–Trinajstić information content (AvgIpc) is 2.28. The predicted octanol–water partition coefficient (Wildman–Crippen LogP) is 1.42. The highest BCUT2D eigenvalue weighted by atomic mass is 16.6. The van der Waals surface area contributed by atoms with Crippen molar-refractivity contribution in [3.8, 4) is 0 Å². The van der Waals surface area contributed by atoms with Crippen LogP contribution in [0.15, 0.2) is 0 Å². The highest BCUT2D eigenvalue weighted by Gasteiger charge is 2.34. The lowest BCUT2D eigenvalue weighted by atomic mass is 9.82. The van der Waals surface area contributed by atoms with Crippen molar-refractivity contribution in [2.24, 2.45) is 5.92 Å². The Labute approximate surface area is 121 Å². The van der Waals surface area contributed by atoms with Gasteiger partial charge >= 0.3 is 6.09 Å². The zero-order valence-corrected chi connectivity index (χ0v) is 13.0. The molecule has 0 aromatic heterocycles. The molecule has 0 bridgehead atoms. The summed E-state index contributed by atoms with van der Waals surface area (Å²) in [4.78, 5) is 25.3. The molecule has 1 fully saturated rings. The summed E-state index contributed by atoms with van der Waals surface area (Å²) in [6.45, 7) is 5.39. The maximum atomic E-state index is 12.0. The first kappa shape index (κ1) is 16.8. The minimum atomic E-state index is -0.560. The molecule has 6 heteroatoms. The van der Waals surface area contributed by atoms with Crippen LogP contribution in [0.25, 0.3) is 0 Å². The van der Waals surface area contributed by atoms with Crippen LogP contribution < -0.4 is 11.1 Å². The first-order valence-electron chi connectivity index (χ1n) is 7.02. The van der Waals surface area contributed by atoms with Gasteiger partial charge in [0, 0.05) is 32.1 Å². The van der Waals surface area contributed by atoms with Gasteiger partial charge in [-0.05, 0) is 40.0 Å². The third kappa shape index (κ3) is 5.00. The quantitative estimate of drug-likeness (QED) is 0.832.